The molecule has 0 bridgehead atoms. The van der Waals surface area contributed by atoms with Crippen LogP contribution in [0.4, 0.5) is 20.2 Å². The van der Waals surface area contributed by atoms with Gasteiger partial charge in [-0.2, -0.15) is 0 Å². The van der Waals surface area contributed by atoms with Crippen LogP contribution in [-0.4, -0.2) is 12.2 Å². The van der Waals surface area contributed by atoms with Crippen LogP contribution in [0.5, 0.6) is 11.5 Å². The first-order valence-corrected chi connectivity index (χ1v) is 6.90. The molecule has 0 saturated carbocycles. The van der Waals surface area contributed by atoms with Gasteiger partial charge in [0, 0.05) is 17.4 Å². The summed E-state index contributed by atoms with van der Waals surface area (Å²) in [7, 11) is 0. The maximum atomic E-state index is 13.0. The molecule has 0 aromatic heterocycles. The summed E-state index contributed by atoms with van der Waals surface area (Å²) in [5.74, 6) is -0.905. The van der Waals surface area contributed by atoms with Crippen LogP contribution in [0.15, 0.2) is 42.5 Å². The molecule has 7 heteroatoms. The summed E-state index contributed by atoms with van der Waals surface area (Å²) in [5, 5.41) is 3.06. The summed E-state index contributed by atoms with van der Waals surface area (Å²) in [6.07, 6.45) is -3.64. The predicted molar refractivity (Wildman–Crippen MR) is 80.0 cm³/mol. The molecule has 1 unspecified atom stereocenters. The number of nitrogens with one attached hydrogen (secondary N) is 1. The van der Waals surface area contributed by atoms with Crippen LogP contribution in [0.25, 0.3) is 0 Å². The maximum absolute atomic E-state index is 13.0. The van der Waals surface area contributed by atoms with Crippen LogP contribution in [0.3, 0.4) is 0 Å². The second-order valence-corrected chi connectivity index (χ2v) is 5.20. The predicted octanol–water partition coefficient (Wildman–Crippen LogP) is 3.34. The first-order chi connectivity index (χ1) is 10.8. The average molecular weight is 320 g/mol. The number of anilines is 2. The van der Waals surface area contributed by atoms with E-state index >= 15 is 0 Å². The molecule has 1 aliphatic heterocycles. The van der Waals surface area contributed by atoms with Gasteiger partial charge in [-0.3, -0.25) is 4.79 Å². The minimum absolute atomic E-state index is 0.0170. The van der Waals surface area contributed by atoms with Crippen molar-refractivity contribution in [2.45, 2.75) is 19.1 Å². The van der Waals surface area contributed by atoms with Crippen molar-refractivity contribution in [3.63, 3.8) is 0 Å². The lowest BCUT2D eigenvalue weighted by Gasteiger charge is -2.11. The molecular weight excluding hydrogens is 306 g/mol. The highest BCUT2D eigenvalue weighted by atomic mass is 19.3. The van der Waals surface area contributed by atoms with Crippen LogP contribution in [0.2, 0.25) is 0 Å². The molecule has 0 aliphatic carbocycles. The van der Waals surface area contributed by atoms with Gasteiger partial charge in [-0.05, 0) is 36.8 Å². The number of benzene rings is 2. The number of carbonyl (C=O) groups excluding carboxylic acids is 1. The lowest BCUT2D eigenvalue weighted by Crippen LogP contribution is -2.25. The summed E-state index contributed by atoms with van der Waals surface area (Å²) in [5.41, 5.74) is 7.30. The van der Waals surface area contributed by atoms with Crippen LogP contribution in [0, 0.1) is 0 Å². The molecule has 0 radical (unpaired) electrons. The van der Waals surface area contributed by atoms with Gasteiger partial charge in [0.05, 0.1) is 5.92 Å². The first kappa shape index (κ1) is 15.1. The van der Waals surface area contributed by atoms with E-state index in [1.165, 1.54) is 12.1 Å². The van der Waals surface area contributed by atoms with Crippen molar-refractivity contribution in [1.29, 1.82) is 0 Å². The van der Waals surface area contributed by atoms with E-state index in [1.54, 1.807) is 37.3 Å². The number of hydrogen-bond acceptors (Lipinski definition) is 4. The van der Waals surface area contributed by atoms with E-state index < -0.39 is 18.1 Å². The fourth-order valence-electron chi connectivity index (χ4n) is 2.24. The number of halogens is 2. The number of alkyl halides is 2. The van der Waals surface area contributed by atoms with Gasteiger partial charge < -0.3 is 20.5 Å². The Morgan fingerprint density at radius 3 is 2.57 bits per heavy atom. The van der Waals surface area contributed by atoms with E-state index in [0.717, 1.165) is 5.56 Å². The highest BCUT2D eigenvalue weighted by molar-refractivity contribution is 5.82. The first-order valence-electron chi connectivity index (χ1n) is 6.90. The lowest BCUT2D eigenvalue weighted by atomic mass is 10.0. The minimum Gasteiger partial charge on any atom is -0.395 e. The molecule has 2 aromatic rings. The van der Waals surface area contributed by atoms with Gasteiger partial charge in [-0.25, -0.2) is 0 Å². The zero-order valence-electron chi connectivity index (χ0n) is 12.2. The van der Waals surface area contributed by atoms with Crippen molar-refractivity contribution in [1.82, 2.24) is 0 Å². The zero-order valence-corrected chi connectivity index (χ0v) is 12.2. The van der Waals surface area contributed by atoms with E-state index in [2.05, 4.69) is 14.8 Å². The summed E-state index contributed by atoms with van der Waals surface area (Å²) >= 11 is 0. The number of carbonyl (C=O) groups is 1. The number of nitrogens with two attached hydrogens (primary N) is 1. The third kappa shape index (κ3) is 3.18. The molecule has 0 fully saturated rings. The largest absolute Gasteiger partial charge is 0.586 e. The summed E-state index contributed by atoms with van der Waals surface area (Å²) < 4.78 is 34.8. The van der Waals surface area contributed by atoms with Gasteiger partial charge in [0.1, 0.15) is 0 Å². The van der Waals surface area contributed by atoms with E-state index in [-0.39, 0.29) is 11.5 Å². The van der Waals surface area contributed by atoms with Crippen molar-refractivity contribution in [3.05, 3.63) is 48.0 Å². The smallest absolute Gasteiger partial charge is 0.395 e. The van der Waals surface area contributed by atoms with Crippen molar-refractivity contribution < 1.29 is 23.0 Å². The van der Waals surface area contributed by atoms with Crippen LogP contribution in [-0.2, 0) is 4.79 Å². The molecule has 1 heterocycles. The number of hydrogen-bond donors (Lipinski definition) is 2. The third-order valence-corrected chi connectivity index (χ3v) is 3.50. The molecule has 120 valence electrons. The molecule has 1 amide bonds. The molecule has 3 rings (SSSR count). The van der Waals surface area contributed by atoms with Gasteiger partial charge in [0.15, 0.2) is 11.5 Å². The monoisotopic (exact) mass is 320 g/mol. The Morgan fingerprint density at radius 1 is 1.13 bits per heavy atom. The van der Waals surface area contributed by atoms with E-state index in [0.29, 0.717) is 11.4 Å². The molecule has 3 N–H and O–H groups in total. The van der Waals surface area contributed by atoms with Gasteiger partial charge in [0.25, 0.3) is 0 Å². The zero-order chi connectivity index (χ0) is 16.6. The fourth-order valence-corrected chi connectivity index (χ4v) is 2.24. The maximum Gasteiger partial charge on any atom is 0.586 e. The number of amides is 1. The van der Waals surface area contributed by atoms with Crippen LogP contribution in [0.1, 0.15) is 18.4 Å². The molecule has 2 aromatic carbocycles. The van der Waals surface area contributed by atoms with E-state index in [4.69, 9.17) is 5.73 Å². The van der Waals surface area contributed by atoms with Crippen molar-refractivity contribution in [2.24, 2.45) is 5.73 Å². The van der Waals surface area contributed by atoms with Crippen LogP contribution < -0.4 is 20.5 Å². The van der Waals surface area contributed by atoms with Crippen LogP contribution >= 0.6 is 0 Å². The highest BCUT2D eigenvalue weighted by Gasteiger charge is 2.43. The Kier molecular flexibility index (Phi) is 3.55. The third-order valence-electron chi connectivity index (χ3n) is 3.50. The quantitative estimate of drug-likeness (QED) is 0.906. The van der Waals surface area contributed by atoms with Crippen molar-refractivity contribution >= 4 is 17.3 Å². The average Bonchev–Trinajstić information content (AvgIpc) is 2.79. The van der Waals surface area contributed by atoms with Crippen molar-refractivity contribution in [3.8, 4) is 11.5 Å². The van der Waals surface area contributed by atoms with Gasteiger partial charge in [-0.1, -0.05) is 12.1 Å². The number of ether oxygens (including phenoxy) is 2. The summed E-state index contributed by atoms with van der Waals surface area (Å²) in [6.45, 7) is 1.71. The molecule has 5 nitrogen and oxygen atoms in total. The van der Waals surface area contributed by atoms with Gasteiger partial charge in [0.2, 0.25) is 5.91 Å². The minimum atomic E-state index is -3.64. The SMILES string of the molecule is CC(C(N)=O)c1cccc(Nc2ccc3c(c2)OC(F)(F)O3)c1. The number of fused-ring (bicyclic) bond motifs is 1. The Balaban J connectivity index is 1.81. The molecular formula is C16H14F2N2O3. The highest BCUT2D eigenvalue weighted by Crippen LogP contribution is 2.42. The van der Waals surface area contributed by atoms with E-state index in [9.17, 15) is 13.6 Å². The molecule has 23 heavy (non-hydrogen) atoms. The topological polar surface area (TPSA) is 73.6 Å². The van der Waals surface area contributed by atoms with E-state index in [1.807, 2.05) is 0 Å². The normalized spacial score (nSPS) is 16.0. The number of primary amides is 1. The second-order valence-electron chi connectivity index (χ2n) is 5.20. The molecule has 0 spiro atoms. The Bertz CT molecular complexity index is 765. The Morgan fingerprint density at radius 2 is 1.83 bits per heavy atom. The summed E-state index contributed by atoms with van der Waals surface area (Å²) in [4.78, 5) is 11.3. The second kappa shape index (κ2) is 5.42. The standard InChI is InChI=1S/C16H14F2N2O3/c1-9(15(19)21)10-3-2-4-11(7-10)20-12-5-6-13-14(8-12)23-16(17,18)22-13/h2-9,20H,1H3,(H2,19,21). The van der Waals surface area contributed by atoms with Gasteiger partial charge >= 0.3 is 6.29 Å². The molecule has 1 atom stereocenters. The fraction of sp³-hybridized carbons (Fsp3) is 0.188. The van der Waals surface area contributed by atoms with Crippen molar-refractivity contribution in [2.75, 3.05) is 5.32 Å². The molecule has 0 saturated heterocycles. The Labute approximate surface area is 131 Å². The van der Waals surface area contributed by atoms with Gasteiger partial charge in [-0.15, -0.1) is 8.78 Å². The number of rotatable bonds is 4. The summed E-state index contributed by atoms with van der Waals surface area (Å²) in [6, 6.07) is 11.5. The lowest BCUT2D eigenvalue weighted by molar-refractivity contribution is -0.286. The molecule has 1 aliphatic rings. The Hall–Kier alpha value is -2.83.